The zero-order chi connectivity index (χ0) is 19.1. The molecule has 2 amide bonds. The molecule has 0 aliphatic heterocycles. The third kappa shape index (κ3) is 5.19. The molecule has 138 valence electrons. The number of hydrogen-bond acceptors (Lipinski definition) is 4. The highest BCUT2D eigenvalue weighted by Crippen LogP contribution is 2.18. The third-order valence-corrected chi connectivity index (χ3v) is 4.57. The lowest BCUT2D eigenvalue weighted by Crippen LogP contribution is -2.38. The summed E-state index contributed by atoms with van der Waals surface area (Å²) in [7, 11) is 0. The lowest BCUT2D eigenvalue weighted by molar-refractivity contribution is -0.134. The quantitative estimate of drug-likeness (QED) is 0.713. The molecule has 1 aromatic carbocycles. The van der Waals surface area contributed by atoms with Gasteiger partial charge in [-0.2, -0.15) is 0 Å². The molecule has 2 rings (SSSR count). The number of nitrogens with zero attached hydrogens (tertiary/aromatic N) is 1. The molecule has 0 spiro atoms. The number of Topliss-reactive ketones (excluding diaryl/α,β-unsaturated/α-hetero) is 1. The average Bonchev–Trinajstić information content (AvgIpc) is 3.15. The maximum absolute atomic E-state index is 13.6. The number of carbonyl (C=O) groups is 3. The van der Waals surface area contributed by atoms with Crippen molar-refractivity contribution in [2.45, 2.75) is 19.8 Å². The Labute approximate surface area is 153 Å². The fourth-order valence-corrected chi connectivity index (χ4v) is 2.98. The molecular weight excluding hydrogens is 362 g/mol. The summed E-state index contributed by atoms with van der Waals surface area (Å²) in [5, 5.41) is 3.91. The van der Waals surface area contributed by atoms with Gasteiger partial charge in [-0.05, 0) is 30.5 Å². The highest BCUT2D eigenvalue weighted by atomic mass is 32.1. The Morgan fingerprint density at radius 3 is 2.35 bits per heavy atom. The van der Waals surface area contributed by atoms with Gasteiger partial charge >= 0.3 is 0 Å². The minimum atomic E-state index is -0.894. The van der Waals surface area contributed by atoms with Crippen LogP contribution in [-0.4, -0.2) is 35.6 Å². The van der Waals surface area contributed by atoms with Crippen molar-refractivity contribution in [1.82, 2.24) is 4.90 Å². The van der Waals surface area contributed by atoms with Gasteiger partial charge in [0.05, 0.1) is 11.4 Å². The molecule has 0 atom stereocenters. The van der Waals surface area contributed by atoms with E-state index >= 15 is 0 Å². The molecule has 26 heavy (non-hydrogen) atoms. The summed E-state index contributed by atoms with van der Waals surface area (Å²) in [6.07, 6.45) is 0.00528. The highest BCUT2D eigenvalue weighted by Gasteiger charge is 2.19. The zero-order valence-corrected chi connectivity index (χ0v) is 14.9. The summed E-state index contributed by atoms with van der Waals surface area (Å²) in [5.74, 6) is -3.01. The topological polar surface area (TPSA) is 66.5 Å². The number of anilines is 1. The van der Waals surface area contributed by atoms with Crippen molar-refractivity contribution >= 4 is 34.6 Å². The van der Waals surface area contributed by atoms with E-state index in [9.17, 15) is 23.2 Å². The van der Waals surface area contributed by atoms with Gasteiger partial charge in [-0.1, -0.05) is 12.1 Å². The maximum atomic E-state index is 13.6. The van der Waals surface area contributed by atoms with E-state index in [-0.39, 0.29) is 37.6 Å². The van der Waals surface area contributed by atoms with E-state index < -0.39 is 23.2 Å². The predicted molar refractivity (Wildman–Crippen MR) is 95.1 cm³/mol. The normalized spacial score (nSPS) is 10.4. The summed E-state index contributed by atoms with van der Waals surface area (Å²) in [6.45, 7) is 1.56. The van der Waals surface area contributed by atoms with Crippen LogP contribution in [0, 0.1) is 11.6 Å². The molecule has 0 saturated heterocycles. The fraction of sp³-hybridized carbons (Fsp3) is 0.278. The van der Waals surface area contributed by atoms with Crippen molar-refractivity contribution in [2.75, 3.05) is 18.4 Å². The summed E-state index contributed by atoms with van der Waals surface area (Å²) < 4.78 is 27.1. The molecule has 0 bridgehead atoms. The molecule has 0 radical (unpaired) electrons. The molecular formula is C18H18F2N2O3S. The number of likely N-dealkylation sites (N-methyl/N-ethyl adjacent to an activating group) is 1. The molecule has 5 nitrogen and oxygen atoms in total. The molecule has 2 aromatic rings. The lowest BCUT2D eigenvalue weighted by Gasteiger charge is -2.20. The van der Waals surface area contributed by atoms with E-state index in [1.165, 1.54) is 22.3 Å². The Morgan fingerprint density at radius 2 is 1.77 bits per heavy atom. The Hall–Kier alpha value is -2.61. The monoisotopic (exact) mass is 380 g/mol. The van der Waals surface area contributed by atoms with Gasteiger partial charge in [-0.15, -0.1) is 11.3 Å². The van der Waals surface area contributed by atoms with Crippen LogP contribution in [0.5, 0.6) is 0 Å². The second-order valence-electron chi connectivity index (χ2n) is 5.45. The van der Waals surface area contributed by atoms with Crippen molar-refractivity contribution in [2.24, 2.45) is 0 Å². The molecule has 0 saturated carbocycles. The van der Waals surface area contributed by atoms with Crippen molar-refractivity contribution < 1.29 is 23.2 Å². The van der Waals surface area contributed by atoms with Crippen LogP contribution in [0.15, 0.2) is 35.7 Å². The first-order chi connectivity index (χ1) is 12.4. The van der Waals surface area contributed by atoms with Gasteiger partial charge in [-0.25, -0.2) is 8.78 Å². The first-order valence-corrected chi connectivity index (χ1v) is 8.88. The first kappa shape index (κ1) is 19.7. The van der Waals surface area contributed by atoms with Crippen LogP contribution in [0.2, 0.25) is 0 Å². The van der Waals surface area contributed by atoms with Gasteiger partial charge in [0.1, 0.15) is 17.3 Å². The minimum absolute atomic E-state index is 0.0358. The minimum Gasteiger partial charge on any atom is -0.334 e. The summed E-state index contributed by atoms with van der Waals surface area (Å²) in [4.78, 5) is 38.0. The van der Waals surface area contributed by atoms with Crippen molar-refractivity contribution in [3.63, 3.8) is 0 Å². The Balaban J connectivity index is 1.90. The van der Waals surface area contributed by atoms with Crippen LogP contribution in [0.25, 0.3) is 0 Å². The predicted octanol–water partition coefficient (Wildman–Crippen LogP) is 3.48. The molecule has 0 aliphatic rings. The summed E-state index contributed by atoms with van der Waals surface area (Å²) >= 11 is 1.30. The lowest BCUT2D eigenvalue weighted by atomic mass is 10.2. The van der Waals surface area contributed by atoms with Crippen LogP contribution in [0.3, 0.4) is 0 Å². The van der Waals surface area contributed by atoms with Crippen LogP contribution >= 0.6 is 11.3 Å². The van der Waals surface area contributed by atoms with Crippen molar-refractivity contribution in [1.29, 1.82) is 0 Å². The number of hydrogen-bond donors (Lipinski definition) is 1. The van der Waals surface area contributed by atoms with E-state index in [1.807, 2.05) is 0 Å². The fourth-order valence-electron chi connectivity index (χ4n) is 2.28. The second-order valence-corrected chi connectivity index (χ2v) is 6.40. The largest absolute Gasteiger partial charge is 0.334 e. The van der Waals surface area contributed by atoms with Crippen LogP contribution < -0.4 is 5.32 Å². The number of carbonyl (C=O) groups excluding carboxylic acids is 3. The first-order valence-electron chi connectivity index (χ1n) is 8.00. The zero-order valence-electron chi connectivity index (χ0n) is 14.1. The summed E-state index contributed by atoms with van der Waals surface area (Å²) in [6, 6.07) is 6.68. The van der Waals surface area contributed by atoms with Gasteiger partial charge in [0.2, 0.25) is 11.8 Å². The van der Waals surface area contributed by atoms with Crippen LogP contribution in [0.4, 0.5) is 14.5 Å². The molecule has 0 unspecified atom stereocenters. The van der Waals surface area contributed by atoms with E-state index in [0.717, 1.165) is 12.1 Å². The Morgan fingerprint density at radius 1 is 1.08 bits per heavy atom. The molecule has 1 N–H and O–H groups in total. The Bertz CT molecular complexity index is 773. The van der Waals surface area contributed by atoms with E-state index in [4.69, 9.17) is 0 Å². The number of halogens is 2. The second kappa shape index (κ2) is 9.19. The van der Waals surface area contributed by atoms with Gasteiger partial charge < -0.3 is 10.2 Å². The Kier molecular flexibility index (Phi) is 6.97. The smallest absolute Gasteiger partial charge is 0.244 e. The molecule has 1 heterocycles. The number of amides is 2. The van der Waals surface area contributed by atoms with E-state index in [1.54, 1.807) is 24.4 Å². The summed E-state index contributed by atoms with van der Waals surface area (Å²) in [5.41, 5.74) is -0.547. The molecule has 1 aromatic heterocycles. The van der Waals surface area contributed by atoms with Crippen LogP contribution in [-0.2, 0) is 9.59 Å². The van der Waals surface area contributed by atoms with E-state index in [0.29, 0.717) is 4.88 Å². The third-order valence-electron chi connectivity index (χ3n) is 3.66. The molecule has 0 aliphatic carbocycles. The number of ketones is 1. The van der Waals surface area contributed by atoms with Gasteiger partial charge in [-0.3, -0.25) is 14.4 Å². The number of nitrogens with one attached hydrogen (secondary N) is 1. The van der Waals surface area contributed by atoms with Crippen LogP contribution in [0.1, 0.15) is 29.4 Å². The van der Waals surface area contributed by atoms with Gasteiger partial charge in [0, 0.05) is 19.4 Å². The van der Waals surface area contributed by atoms with E-state index in [2.05, 4.69) is 5.32 Å². The molecule has 0 fully saturated rings. The molecule has 8 heteroatoms. The number of para-hydroxylation sites is 1. The highest BCUT2D eigenvalue weighted by molar-refractivity contribution is 7.12. The number of rotatable bonds is 8. The van der Waals surface area contributed by atoms with Crippen molar-refractivity contribution in [3.05, 3.63) is 52.2 Å². The van der Waals surface area contributed by atoms with Gasteiger partial charge in [0.15, 0.2) is 5.78 Å². The number of benzene rings is 1. The number of thiophene rings is 1. The van der Waals surface area contributed by atoms with Gasteiger partial charge in [0.25, 0.3) is 0 Å². The van der Waals surface area contributed by atoms with Crippen molar-refractivity contribution in [3.8, 4) is 0 Å². The standard InChI is InChI=1S/C18H18F2N2O3S/c1-2-22(17(25)9-8-14(23)15-7-4-10-26-15)11-16(24)21-18-12(19)5-3-6-13(18)20/h3-7,10H,2,8-9,11H2,1H3,(H,21,24). The SMILES string of the molecule is CCN(CC(=O)Nc1c(F)cccc1F)C(=O)CCC(=O)c1cccs1. The maximum Gasteiger partial charge on any atom is 0.244 e. The average molecular weight is 380 g/mol.